The van der Waals surface area contributed by atoms with E-state index >= 15 is 0 Å². The fraction of sp³-hybridized carbons (Fsp3) is 0.600. The van der Waals surface area contributed by atoms with Crippen LogP contribution in [-0.2, 0) is 24.3 Å². The van der Waals surface area contributed by atoms with E-state index in [0.717, 1.165) is 6.42 Å². The molecule has 2 heterocycles. The Kier molecular flexibility index (Phi) is 7.45. The molecule has 166 valence electrons. The molecule has 2 saturated heterocycles. The number of ether oxygens (including phenoxy) is 1. The minimum absolute atomic E-state index is 0.00370. The lowest BCUT2D eigenvalue weighted by atomic mass is 9.95. The molecule has 0 saturated carbocycles. The van der Waals surface area contributed by atoms with Gasteiger partial charge in [0.1, 0.15) is 0 Å². The van der Waals surface area contributed by atoms with Gasteiger partial charge in [-0.15, -0.1) is 0 Å². The number of carbonyl (C=O) groups excluding carboxylic acids is 2. The second-order valence-corrected chi connectivity index (χ2v) is 9.41. The molecule has 10 heteroatoms. The number of primary sulfonamides is 1. The maximum atomic E-state index is 12.6. The maximum absolute atomic E-state index is 12.6. The van der Waals surface area contributed by atoms with Crippen LogP contribution < -0.4 is 10.5 Å². The Bertz CT molecular complexity index is 850. The lowest BCUT2D eigenvalue weighted by Gasteiger charge is -2.35. The number of nitrogens with two attached hydrogens (primary N) is 1. The molecule has 0 radical (unpaired) electrons. The zero-order chi connectivity index (χ0) is 21.7. The summed E-state index contributed by atoms with van der Waals surface area (Å²) in [6, 6.07) is 5.79. The quantitative estimate of drug-likeness (QED) is 0.672. The molecule has 0 aromatic heterocycles. The number of nitrogens with zero attached hydrogens (tertiary/aromatic N) is 2. The predicted molar refractivity (Wildman–Crippen MR) is 112 cm³/mol. The van der Waals surface area contributed by atoms with Crippen LogP contribution in [0.2, 0.25) is 0 Å². The molecular formula is C20H30N4O5S. The standard InChI is InChI=1S/C20H30N4O5S/c1-2-17-13-24(11-12-29-17)19(25)14-23-9-7-15(8-10-23)20(26)22-16-3-5-18(6-4-16)30(21,27)28/h3-6,15,17H,2,7-14H2,1H3,(H,22,26)(H2,21,27,28). The highest BCUT2D eigenvalue weighted by Gasteiger charge is 2.28. The number of amides is 2. The molecule has 2 amide bonds. The van der Waals surface area contributed by atoms with Crippen molar-refractivity contribution >= 4 is 27.5 Å². The van der Waals surface area contributed by atoms with Gasteiger partial charge in [0, 0.05) is 24.7 Å². The normalized spacial score (nSPS) is 21.4. The van der Waals surface area contributed by atoms with Gasteiger partial charge >= 0.3 is 0 Å². The number of nitrogens with one attached hydrogen (secondary N) is 1. The van der Waals surface area contributed by atoms with E-state index < -0.39 is 10.0 Å². The van der Waals surface area contributed by atoms with Crippen molar-refractivity contribution < 1.29 is 22.7 Å². The Hall–Kier alpha value is -2.01. The van der Waals surface area contributed by atoms with Crippen LogP contribution in [0.15, 0.2) is 29.2 Å². The minimum atomic E-state index is -3.75. The Labute approximate surface area is 177 Å². The van der Waals surface area contributed by atoms with Crippen molar-refractivity contribution in [2.24, 2.45) is 11.1 Å². The van der Waals surface area contributed by atoms with E-state index in [1.165, 1.54) is 24.3 Å². The third kappa shape index (κ3) is 6.00. The van der Waals surface area contributed by atoms with Crippen molar-refractivity contribution in [2.75, 3.05) is 44.6 Å². The van der Waals surface area contributed by atoms with Crippen LogP contribution in [0.1, 0.15) is 26.2 Å². The van der Waals surface area contributed by atoms with Crippen LogP contribution in [-0.4, -0.2) is 75.5 Å². The molecule has 1 atom stereocenters. The lowest BCUT2D eigenvalue weighted by Crippen LogP contribution is -2.50. The molecule has 1 unspecified atom stereocenters. The summed E-state index contributed by atoms with van der Waals surface area (Å²) in [4.78, 5) is 29.1. The van der Waals surface area contributed by atoms with Crippen molar-refractivity contribution in [1.29, 1.82) is 0 Å². The second kappa shape index (κ2) is 9.86. The van der Waals surface area contributed by atoms with E-state index in [-0.39, 0.29) is 28.7 Å². The first-order chi connectivity index (χ1) is 14.3. The lowest BCUT2D eigenvalue weighted by molar-refractivity contribution is -0.140. The summed E-state index contributed by atoms with van der Waals surface area (Å²) in [7, 11) is -3.75. The number of morpholine rings is 1. The molecule has 0 aliphatic carbocycles. The van der Waals surface area contributed by atoms with Gasteiger partial charge in [0.2, 0.25) is 21.8 Å². The van der Waals surface area contributed by atoms with Crippen LogP contribution in [0.25, 0.3) is 0 Å². The average Bonchev–Trinajstić information content (AvgIpc) is 2.74. The molecule has 2 aliphatic heterocycles. The van der Waals surface area contributed by atoms with Crippen molar-refractivity contribution in [1.82, 2.24) is 9.80 Å². The zero-order valence-electron chi connectivity index (χ0n) is 17.2. The Morgan fingerprint density at radius 3 is 2.43 bits per heavy atom. The zero-order valence-corrected chi connectivity index (χ0v) is 18.1. The number of rotatable bonds is 6. The van der Waals surface area contributed by atoms with Crippen LogP contribution in [0.5, 0.6) is 0 Å². The van der Waals surface area contributed by atoms with E-state index in [9.17, 15) is 18.0 Å². The van der Waals surface area contributed by atoms with Gasteiger partial charge < -0.3 is 15.0 Å². The molecule has 0 spiro atoms. The summed E-state index contributed by atoms with van der Waals surface area (Å²) >= 11 is 0. The maximum Gasteiger partial charge on any atom is 0.238 e. The molecule has 3 rings (SSSR count). The van der Waals surface area contributed by atoms with E-state index in [1.54, 1.807) is 0 Å². The number of likely N-dealkylation sites (tertiary alicyclic amines) is 1. The van der Waals surface area contributed by atoms with E-state index in [1.807, 2.05) is 4.90 Å². The summed E-state index contributed by atoms with van der Waals surface area (Å²) in [6.45, 7) is 5.69. The summed E-state index contributed by atoms with van der Waals surface area (Å²) in [5.41, 5.74) is 0.530. The Morgan fingerprint density at radius 1 is 1.17 bits per heavy atom. The fourth-order valence-electron chi connectivity index (χ4n) is 3.81. The topological polar surface area (TPSA) is 122 Å². The highest BCUT2D eigenvalue weighted by molar-refractivity contribution is 7.89. The Morgan fingerprint density at radius 2 is 1.83 bits per heavy atom. The van der Waals surface area contributed by atoms with Gasteiger partial charge in [0.25, 0.3) is 0 Å². The summed E-state index contributed by atoms with van der Waals surface area (Å²) in [5.74, 6) is -0.111. The molecule has 30 heavy (non-hydrogen) atoms. The molecular weight excluding hydrogens is 408 g/mol. The summed E-state index contributed by atoms with van der Waals surface area (Å²) in [6.07, 6.45) is 2.37. The molecule has 3 N–H and O–H groups in total. The van der Waals surface area contributed by atoms with E-state index in [0.29, 0.717) is 57.9 Å². The molecule has 1 aromatic rings. The monoisotopic (exact) mass is 438 g/mol. The number of anilines is 1. The average molecular weight is 439 g/mol. The van der Waals surface area contributed by atoms with Gasteiger partial charge in [0.15, 0.2) is 0 Å². The van der Waals surface area contributed by atoms with E-state index in [4.69, 9.17) is 9.88 Å². The van der Waals surface area contributed by atoms with Gasteiger partial charge in [-0.3, -0.25) is 14.5 Å². The first kappa shape index (κ1) is 22.7. The van der Waals surface area contributed by atoms with Crippen molar-refractivity contribution in [3.63, 3.8) is 0 Å². The third-order valence-corrected chi connectivity index (χ3v) is 6.64. The number of hydrogen-bond acceptors (Lipinski definition) is 6. The van der Waals surface area contributed by atoms with Gasteiger partial charge in [0.05, 0.1) is 24.2 Å². The predicted octanol–water partition coefficient (Wildman–Crippen LogP) is 0.622. The van der Waals surface area contributed by atoms with E-state index in [2.05, 4.69) is 17.1 Å². The van der Waals surface area contributed by atoms with Crippen molar-refractivity contribution in [3.05, 3.63) is 24.3 Å². The Balaban J connectivity index is 1.44. The SMILES string of the molecule is CCC1CN(C(=O)CN2CCC(C(=O)Nc3ccc(S(N)(=O)=O)cc3)CC2)CCO1. The third-order valence-electron chi connectivity index (χ3n) is 5.71. The molecule has 2 fully saturated rings. The van der Waals surface area contributed by atoms with Crippen molar-refractivity contribution in [3.8, 4) is 0 Å². The second-order valence-electron chi connectivity index (χ2n) is 7.85. The molecule has 2 aliphatic rings. The smallest absolute Gasteiger partial charge is 0.238 e. The van der Waals surface area contributed by atoms with Gasteiger partial charge in [-0.05, 0) is 56.6 Å². The van der Waals surface area contributed by atoms with Gasteiger partial charge in [-0.2, -0.15) is 0 Å². The highest BCUT2D eigenvalue weighted by Crippen LogP contribution is 2.21. The number of carbonyl (C=O) groups is 2. The number of benzene rings is 1. The van der Waals surface area contributed by atoms with Crippen LogP contribution in [0.4, 0.5) is 5.69 Å². The number of sulfonamides is 1. The van der Waals surface area contributed by atoms with Gasteiger partial charge in [-0.25, -0.2) is 13.6 Å². The van der Waals surface area contributed by atoms with Crippen LogP contribution in [0, 0.1) is 5.92 Å². The number of hydrogen-bond donors (Lipinski definition) is 2. The van der Waals surface area contributed by atoms with Crippen LogP contribution in [0.3, 0.4) is 0 Å². The number of piperidine rings is 1. The van der Waals surface area contributed by atoms with Gasteiger partial charge in [-0.1, -0.05) is 6.92 Å². The van der Waals surface area contributed by atoms with Crippen molar-refractivity contribution in [2.45, 2.75) is 37.2 Å². The van der Waals surface area contributed by atoms with Crippen LogP contribution >= 0.6 is 0 Å². The first-order valence-electron chi connectivity index (χ1n) is 10.3. The highest BCUT2D eigenvalue weighted by atomic mass is 32.2. The molecule has 0 bridgehead atoms. The largest absolute Gasteiger partial charge is 0.375 e. The first-order valence-corrected chi connectivity index (χ1v) is 11.9. The summed E-state index contributed by atoms with van der Waals surface area (Å²) in [5, 5.41) is 7.91. The molecule has 9 nitrogen and oxygen atoms in total. The minimum Gasteiger partial charge on any atom is -0.375 e. The fourth-order valence-corrected chi connectivity index (χ4v) is 4.33. The summed E-state index contributed by atoms with van der Waals surface area (Å²) < 4.78 is 28.2. The molecule has 1 aromatic carbocycles.